The predicted molar refractivity (Wildman–Crippen MR) is 98.2 cm³/mol. The van der Waals surface area contributed by atoms with Gasteiger partial charge in [-0.2, -0.15) is 13.2 Å². The lowest BCUT2D eigenvalue weighted by Gasteiger charge is -2.17. The molecule has 0 aromatic carbocycles. The van der Waals surface area contributed by atoms with Crippen molar-refractivity contribution in [3.8, 4) is 5.88 Å². The van der Waals surface area contributed by atoms with Gasteiger partial charge in [-0.1, -0.05) is 19.9 Å². The number of rotatable bonds is 8. The van der Waals surface area contributed by atoms with E-state index in [1.165, 1.54) is 18.5 Å². The molecule has 10 heteroatoms. The van der Waals surface area contributed by atoms with E-state index in [2.05, 4.69) is 30.3 Å². The number of alkyl halides is 3. The molecule has 1 amide bonds. The summed E-state index contributed by atoms with van der Waals surface area (Å²) in [5, 5.41) is 5.86. The monoisotopic (exact) mass is 397 g/mol. The van der Waals surface area contributed by atoms with Crippen molar-refractivity contribution in [3.63, 3.8) is 0 Å². The van der Waals surface area contributed by atoms with Crippen LogP contribution in [0.4, 0.5) is 24.8 Å². The summed E-state index contributed by atoms with van der Waals surface area (Å²) in [6, 6.07) is 2.79. The standard InChI is InChI=1S/C18H22F3N5O2/c1-4-13-17(23-9-14(25-13)26-15(27)5-2)24-11(3)12-6-7-16(22-8-12)28-10-18(19,20)21/h6-9,11H,4-5,10H2,1-3H3,(H,23,24)(H,25,26,27). The summed E-state index contributed by atoms with van der Waals surface area (Å²) in [5.74, 6) is 0.694. The molecule has 0 aliphatic carbocycles. The molecule has 0 aliphatic rings. The molecule has 0 bridgehead atoms. The molecule has 152 valence electrons. The first-order valence-electron chi connectivity index (χ1n) is 8.79. The third-order valence-corrected chi connectivity index (χ3v) is 3.76. The number of carbonyl (C=O) groups is 1. The van der Waals surface area contributed by atoms with E-state index in [1.54, 1.807) is 13.0 Å². The Bertz CT molecular complexity index is 797. The minimum absolute atomic E-state index is 0.0988. The number of pyridine rings is 1. The van der Waals surface area contributed by atoms with Crippen LogP contribution in [0.1, 0.15) is 44.5 Å². The zero-order valence-electron chi connectivity index (χ0n) is 15.8. The molecular weight excluding hydrogens is 375 g/mol. The fourth-order valence-corrected chi connectivity index (χ4v) is 2.26. The second-order valence-corrected chi connectivity index (χ2v) is 6.01. The van der Waals surface area contributed by atoms with Gasteiger partial charge in [0.1, 0.15) is 5.82 Å². The number of hydrogen-bond donors (Lipinski definition) is 2. The average Bonchev–Trinajstić information content (AvgIpc) is 2.67. The SMILES string of the molecule is CCC(=O)Nc1cnc(NC(C)c2ccc(OCC(F)(F)F)nc2)c(CC)n1. The number of ether oxygens (including phenoxy) is 1. The molecule has 1 unspecified atom stereocenters. The molecular formula is C18H22F3N5O2. The molecule has 0 aliphatic heterocycles. The smallest absolute Gasteiger partial charge is 0.422 e. The fraction of sp³-hybridized carbons (Fsp3) is 0.444. The maximum atomic E-state index is 12.2. The van der Waals surface area contributed by atoms with E-state index in [-0.39, 0.29) is 17.8 Å². The number of halogens is 3. The lowest BCUT2D eigenvalue weighted by atomic mass is 10.1. The summed E-state index contributed by atoms with van der Waals surface area (Å²) in [6.45, 7) is 4.14. The lowest BCUT2D eigenvalue weighted by molar-refractivity contribution is -0.154. The van der Waals surface area contributed by atoms with E-state index in [1.807, 2.05) is 13.8 Å². The molecule has 0 saturated heterocycles. The van der Waals surface area contributed by atoms with Gasteiger partial charge in [0.15, 0.2) is 12.4 Å². The van der Waals surface area contributed by atoms with Gasteiger partial charge < -0.3 is 15.4 Å². The van der Waals surface area contributed by atoms with E-state index < -0.39 is 12.8 Å². The molecule has 28 heavy (non-hydrogen) atoms. The van der Waals surface area contributed by atoms with Gasteiger partial charge in [0.2, 0.25) is 11.8 Å². The highest BCUT2D eigenvalue weighted by Gasteiger charge is 2.28. The average molecular weight is 397 g/mol. The molecule has 2 aromatic rings. The Morgan fingerprint density at radius 3 is 2.54 bits per heavy atom. The number of aryl methyl sites for hydroxylation is 1. The van der Waals surface area contributed by atoms with Crippen LogP contribution in [-0.2, 0) is 11.2 Å². The van der Waals surface area contributed by atoms with Crippen molar-refractivity contribution in [2.75, 3.05) is 17.2 Å². The van der Waals surface area contributed by atoms with Gasteiger partial charge in [0.05, 0.1) is 17.9 Å². The number of anilines is 2. The summed E-state index contributed by atoms with van der Waals surface area (Å²) in [7, 11) is 0. The van der Waals surface area contributed by atoms with E-state index >= 15 is 0 Å². The Hall–Kier alpha value is -2.91. The Balaban J connectivity index is 2.05. The van der Waals surface area contributed by atoms with Crippen molar-refractivity contribution in [2.24, 2.45) is 0 Å². The largest absolute Gasteiger partial charge is 0.468 e. The quantitative estimate of drug-likeness (QED) is 0.702. The first kappa shape index (κ1) is 21.4. The first-order valence-corrected chi connectivity index (χ1v) is 8.79. The Morgan fingerprint density at radius 2 is 1.96 bits per heavy atom. The van der Waals surface area contributed by atoms with Crippen molar-refractivity contribution in [3.05, 3.63) is 35.8 Å². The van der Waals surface area contributed by atoms with E-state index in [0.29, 0.717) is 30.2 Å². The second kappa shape index (κ2) is 9.34. The summed E-state index contributed by atoms with van der Waals surface area (Å²) < 4.78 is 41.1. The summed E-state index contributed by atoms with van der Waals surface area (Å²) in [4.78, 5) is 24.1. The van der Waals surface area contributed by atoms with Gasteiger partial charge in [-0.05, 0) is 18.9 Å². The van der Waals surface area contributed by atoms with Crippen LogP contribution in [0.25, 0.3) is 0 Å². The Labute approximate surface area is 160 Å². The van der Waals surface area contributed by atoms with Gasteiger partial charge in [0.25, 0.3) is 0 Å². The maximum absolute atomic E-state index is 12.2. The van der Waals surface area contributed by atoms with Crippen LogP contribution >= 0.6 is 0 Å². The zero-order chi connectivity index (χ0) is 20.7. The molecule has 7 nitrogen and oxygen atoms in total. The van der Waals surface area contributed by atoms with E-state index in [9.17, 15) is 18.0 Å². The topological polar surface area (TPSA) is 89.0 Å². The van der Waals surface area contributed by atoms with Crippen LogP contribution in [0.3, 0.4) is 0 Å². The molecule has 1 atom stereocenters. The van der Waals surface area contributed by atoms with Crippen LogP contribution in [0, 0.1) is 0 Å². The van der Waals surface area contributed by atoms with Crippen LogP contribution in [0.2, 0.25) is 0 Å². The lowest BCUT2D eigenvalue weighted by Crippen LogP contribution is -2.19. The van der Waals surface area contributed by atoms with Crippen molar-refractivity contribution in [1.29, 1.82) is 0 Å². The third-order valence-electron chi connectivity index (χ3n) is 3.76. The van der Waals surface area contributed by atoms with Crippen LogP contribution in [0.5, 0.6) is 5.88 Å². The molecule has 0 fully saturated rings. The molecule has 0 radical (unpaired) electrons. The molecule has 0 spiro atoms. The zero-order valence-corrected chi connectivity index (χ0v) is 15.8. The normalized spacial score (nSPS) is 12.4. The van der Waals surface area contributed by atoms with Crippen LogP contribution in [0.15, 0.2) is 24.5 Å². The van der Waals surface area contributed by atoms with Crippen molar-refractivity contribution >= 4 is 17.5 Å². The molecule has 2 aromatic heterocycles. The number of amides is 1. The third kappa shape index (κ3) is 6.36. The summed E-state index contributed by atoms with van der Waals surface area (Å²) in [6.07, 6.45) is -0.560. The van der Waals surface area contributed by atoms with Crippen LogP contribution in [-0.4, -0.2) is 33.6 Å². The Morgan fingerprint density at radius 1 is 1.21 bits per heavy atom. The van der Waals surface area contributed by atoms with Gasteiger partial charge in [-0.3, -0.25) is 4.79 Å². The number of aromatic nitrogens is 3. The highest BCUT2D eigenvalue weighted by Crippen LogP contribution is 2.23. The fourth-order valence-electron chi connectivity index (χ4n) is 2.26. The second-order valence-electron chi connectivity index (χ2n) is 6.01. The van der Waals surface area contributed by atoms with E-state index in [4.69, 9.17) is 0 Å². The number of carbonyl (C=O) groups excluding carboxylic acids is 1. The van der Waals surface area contributed by atoms with Gasteiger partial charge in [-0.25, -0.2) is 15.0 Å². The van der Waals surface area contributed by atoms with Crippen molar-refractivity contribution < 1.29 is 22.7 Å². The van der Waals surface area contributed by atoms with E-state index in [0.717, 1.165) is 5.56 Å². The maximum Gasteiger partial charge on any atom is 0.422 e. The number of nitrogens with one attached hydrogen (secondary N) is 2. The Kier molecular flexibility index (Phi) is 7.13. The minimum Gasteiger partial charge on any atom is -0.468 e. The number of hydrogen-bond acceptors (Lipinski definition) is 6. The predicted octanol–water partition coefficient (Wildman–Crippen LogP) is 3.90. The van der Waals surface area contributed by atoms with Crippen molar-refractivity contribution in [1.82, 2.24) is 15.0 Å². The van der Waals surface area contributed by atoms with Gasteiger partial charge in [-0.15, -0.1) is 0 Å². The highest BCUT2D eigenvalue weighted by molar-refractivity contribution is 5.89. The summed E-state index contributed by atoms with van der Waals surface area (Å²) >= 11 is 0. The molecule has 0 saturated carbocycles. The molecule has 2 rings (SSSR count). The van der Waals surface area contributed by atoms with Gasteiger partial charge >= 0.3 is 6.18 Å². The molecule has 2 N–H and O–H groups in total. The minimum atomic E-state index is -4.41. The van der Waals surface area contributed by atoms with Crippen molar-refractivity contribution in [2.45, 2.75) is 45.8 Å². The van der Waals surface area contributed by atoms with Crippen LogP contribution < -0.4 is 15.4 Å². The molecule has 2 heterocycles. The number of nitrogens with zero attached hydrogens (tertiary/aromatic N) is 3. The summed E-state index contributed by atoms with van der Waals surface area (Å²) in [5.41, 5.74) is 1.42. The highest BCUT2D eigenvalue weighted by atomic mass is 19.4. The first-order chi connectivity index (χ1) is 13.2. The van der Waals surface area contributed by atoms with Gasteiger partial charge in [0, 0.05) is 18.7 Å².